The molecule has 3 aromatic carbocycles. The van der Waals surface area contributed by atoms with Crippen LogP contribution in [0.15, 0.2) is 68.5 Å². The lowest BCUT2D eigenvalue weighted by Gasteiger charge is -2.03. The van der Waals surface area contributed by atoms with Crippen LogP contribution in [0.2, 0.25) is 0 Å². The first-order valence-electron chi connectivity index (χ1n) is 8.20. The molecule has 0 fully saturated rings. The second-order valence-electron chi connectivity index (χ2n) is 6.07. The number of benzene rings is 3. The SMILES string of the molecule is Cc1cc(Br)cc(C=Nc2ccc3oc(-c4ccccc4F)nc3c2)c1O. The number of oxazole rings is 1. The van der Waals surface area contributed by atoms with Gasteiger partial charge in [0.2, 0.25) is 5.89 Å². The maximum atomic E-state index is 13.9. The van der Waals surface area contributed by atoms with E-state index in [1.165, 1.54) is 6.07 Å². The number of phenols is 1. The first-order valence-corrected chi connectivity index (χ1v) is 8.99. The third kappa shape index (κ3) is 3.48. The van der Waals surface area contributed by atoms with Gasteiger partial charge in [-0.1, -0.05) is 28.1 Å². The number of aromatic nitrogens is 1. The monoisotopic (exact) mass is 424 g/mol. The molecule has 0 saturated heterocycles. The summed E-state index contributed by atoms with van der Waals surface area (Å²) in [7, 11) is 0. The number of hydrogen-bond donors (Lipinski definition) is 1. The molecule has 1 N–H and O–H groups in total. The quantitative estimate of drug-likeness (QED) is 0.400. The fraction of sp³-hybridized carbons (Fsp3) is 0.0476. The van der Waals surface area contributed by atoms with Gasteiger partial charge in [0, 0.05) is 16.3 Å². The van der Waals surface area contributed by atoms with Crippen molar-refractivity contribution in [3.8, 4) is 17.2 Å². The van der Waals surface area contributed by atoms with Crippen LogP contribution in [-0.4, -0.2) is 16.3 Å². The highest BCUT2D eigenvalue weighted by molar-refractivity contribution is 9.10. The lowest BCUT2D eigenvalue weighted by Crippen LogP contribution is -1.86. The van der Waals surface area contributed by atoms with Crippen molar-refractivity contribution in [1.82, 2.24) is 4.98 Å². The van der Waals surface area contributed by atoms with E-state index in [0.717, 1.165) is 10.0 Å². The summed E-state index contributed by atoms with van der Waals surface area (Å²) < 4.78 is 20.5. The Kier molecular flexibility index (Phi) is 4.49. The zero-order chi connectivity index (χ0) is 19.0. The van der Waals surface area contributed by atoms with Crippen LogP contribution in [0, 0.1) is 12.7 Å². The number of halogens is 2. The summed E-state index contributed by atoms with van der Waals surface area (Å²) in [4.78, 5) is 8.78. The summed E-state index contributed by atoms with van der Waals surface area (Å²) >= 11 is 3.41. The molecule has 0 amide bonds. The summed E-state index contributed by atoms with van der Waals surface area (Å²) in [6.45, 7) is 1.82. The van der Waals surface area contributed by atoms with Crippen molar-refractivity contribution in [2.75, 3.05) is 0 Å². The Morgan fingerprint density at radius 3 is 2.78 bits per heavy atom. The molecule has 6 heteroatoms. The van der Waals surface area contributed by atoms with E-state index in [9.17, 15) is 9.50 Å². The molecule has 0 spiro atoms. The van der Waals surface area contributed by atoms with Gasteiger partial charge in [-0.2, -0.15) is 0 Å². The Bertz CT molecular complexity index is 1180. The Morgan fingerprint density at radius 2 is 1.96 bits per heavy atom. The minimum atomic E-state index is -0.386. The molecule has 0 bridgehead atoms. The van der Waals surface area contributed by atoms with E-state index < -0.39 is 0 Å². The summed E-state index contributed by atoms with van der Waals surface area (Å²) in [5, 5.41) is 10.2. The van der Waals surface area contributed by atoms with Crippen molar-refractivity contribution in [2.45, 2.75) is 6.92 Å². The van der Waals surface area contributed by atoms with Gasteiger partial charge in [0.15, 0.2) is 5.58 Å². The fourth-order valence-corrected chi connectivity index (χ4v) is 3.34. The minimum absolute atomic E-state index is 0.186. The van der Waals surface area contributed by atoms with Gasteiger partial charge >= 0.3 is 0 Å². The highest BCUT2D eigenvalue weighted by Gasteiger charge is 2.12. The number of nitrogens with zero attached hydrogens (tertiary/aromatic N) is 2. The average Bonchev–Trinajstić information content (AvgIpc) is 3.07. The molecular weight excluding hydrogens is 411 g/mol. The van der Waals surface area contributed by atoms with Crippen LogP contribution in [0.3, 0.4) is 0 Å². The number of aromatic hydroxyl groups is 1. The van der Waals surface area contributed by atoms with Gasteiger partial charge in [0.25, 0.3) is 0 Å². The molecule has 1 aromatic heterocycles. The summed E-state index contributed by atoms with van der Waals surface area (Å²) in [5.41, 5.74) is 3.45. The van der Waals surface area contributed by atoms with E-state index in [1.807, 2.05) is 13.0 Å². The van der Waals surface area contributed by atoms with Crippen molar-refractivity contribution < 1.29 is 13.9 Å². The van der Waals surface area contributed by atoms with Gasteiger partial charge in [-0.05, 0) is 55.0 Å². The van der Waals surface area contributed by atoms with E-state index >= 15 is 0 Å². The highest BCUT2D eigenvalue weighted by Crippen LogP contribution is 2.29. The van der Waals surface area contributed by atoms with Gasteiger partial charge < -0.3 is 9.52 Å². The predicted molar refractivity (Wildman–Crippen MR) is 107 cm³/mol. The van der Waals surface area contributed by atoms with Crippen LogP contribution in [0.25, 0.3) is 22.6 Å². The molecule has 27 heavy (non-hydrogen) atoms. The zero-order valence-corrected chi connectivity index (χ0v) is 15.9. The number of fused-ring (bicyclic) bond motifs is 1. The molecule has 4 rings (SSSR count). The van der Waals surface area contributed by atoms with Crippen LogP contribution < -0.4 is 0 Å². The molecule has 134 valence electrons. The number of aliphatic imine (C=N–C) groups is 1. The maximum Gasteiger partial charge on any atom is 0.230 e. The van der Waals surface area contributed by atoms with Crippen LogP contribution in [0.1, 0.15) is 11.1 Å². The lowest BCUT2D eigenvalue weighted by atomic mass is 10.1. The van der Waals surface area contributed by atoms with Crippen molar-refractivity contribution in [3.63, 3.8) is 0 Å². The molecule has 0 aliphatic rings. The second-order valence-corrected chi connectivity index (χ2v) is 6.99. The zero-order valence-electron chi connectivity index (χ0n) is 14.3. The fourth-order valence-electron chi connectivity index (χ4n) is 2.75. The number of aryl methyl sites for hydroxylation is 1. The smallest absolute Gasteiger partial charge is 0.230 e. The van der Waals surface area contributed by atoms with E-state index in [-0.39, 0.29) is 17.5 Å². The molecule has 0 radical (unpaired) electrons. The van der Waals surface area contributed by atoms with Gasteiger partial charge in [-0.25, -0.2) is 9.37 Å². The highest BCUT2D eigenvalue weighted by atomic mass is 79.9. The molecule has 0 aliphatic heterocycles. The van der Waals surface area contributed by atoms with Crippen LogP contribution in [-0.2, 0) is 0 Å². The number of hydrogen-bond acceptors (Lipinski definition) is 4. The molecule has 0 saturated carbocycles. The van der Waals surface area contributed by atoms with Gasteiger partial charge in [-0.3, -0.25) is 4.99 Å². The largest absolute Gasteiger partial charge is 0.507 e. The van der Waals surface area contributed by atoms with E-state index in [1.54, 1.807) is 48.7 Å². The first-order chi connectivity index (χ1) is 13.0. The number of phenolic OH excluding ortho intramolecular Hbond substituents is 1. The van der Waals surface area contributed by atoms with Gasteiger partial charge in [0.1, 0.15) is 17.1 Å². The van der Waals surface area contributed by atoms with Crippen molar-refractivity contribution in [3.05, 3.63) is 76.0 Å². The van der Waals surface area contributed by atoms with E-state index in [0.29, 0.717) is 27.9 Å². The summed E-state index contributed by atoms with van der Waals surface area (Å²) in [6, 6.07) is 15.2. The van der Waals surface area contributed by atoms with E-state index in [4.69, 9.17) is 4.42 Å². The third-order valence-corrected chi connectivity index (χ3v) is 4.58. The van der Waals surface area contributed by atoms with Crippen molar-refractivity contribution >= 4 is 38.9 Å². The van der Waals surface area contributed by atoms with Crippen LogP contribution in [0.5, 0.6) is 5.75 Å². The Morgan fingerprint density at radius 1 is 1.15 bits per heavy atom. The second kappa shape index (κ2) is 6.96. The third-order valence-electron chi connectivity index (χ3n) is 4.12. The molecular formula is C21H14BrFN2O2. The Labute approximate surface area is 163 Å². The summed E-state index contributed by atoms with van der Waals surface area (Å²) in [6.07, 6.45) is 1.59. The van der Waals surface area contributed by atoms with Crippen LogP contribution >= 0.6 is 15.9 Å². The first kappa shape index (κ1) is 17.4. The van der Waals surface area contributed by atoms with Gasteiger partial charge in [0.05, 0.1) is 11.3 Å². The van der Waals surface area contributed by atoms with Crippen molar-refractivity contribution in [1.29, 1.82) is 0 Å². The standard InChI is InChI=1S/C21H14BrFN2O2/c1-12-8-14(22)9-13(20(12)26)11-24-15-6-7-19-18(10-15)25-21(27-19)16-4-2-3-5-17(16)23/h2-11,26H,1H3. The summed E-state index contributed by atoms with van der Waals surface area (Å²) in [5.74, 6) is 0.0265. The maximum absolute atomic E-state index is 13.9. The molecule has 4 aromatic rings. The predicted octanol–water partition coefficient (Wildman–Crippen LogP) is 6.16. The molecule has 4 nitrogen and oxygen atoms in total. The molecule has 0 unspecified atom stereocenters. The molecule has 0 atom stereocenters. The van der Waals surface area contributed by atoms with Gasteiger partial charge in [-0.15, -0.1) is 0 Å². The Balaban J connectivity index is 1.69. The number of rotatable bonds is 3. The normalized spacial score (nSPS) is 11.5. The average molecular weight is 425 g/mol. The topological polar surface area (TPSA) is 58.6 Å². The molecule has 0 aliphatic carbocycles. The van der Waals surface area contributed by atoms with Crippen LogP contribution in [0.4, 0.5) is 10.1 Å². The molecule has 1 heterocycles. The van der Waals surface area contributed by atoms with E-state index in [2.05, 4.69) is 25.9 Å². The van der Waals surface area contributed by atoms with Crippen molar-refractivity contribution in [2.24, 2.45) is 4.99 Å². The lowest BCUT2D eigenvalue weighted by molar-refractivity contribution is 0.470. The Hall–Kier alpha value is -2.99. The minimum Gasteiger partial charge on any atom is -0.507 e.